The smallest absolute Gasteiger partial charge is 0.238 e. The summed E-state index contributed by atoms with van der Waals surface area (Å²) in [6.45, 7) is 2.74. The number of nitrogens with one attached hydrogen (secondary N) is 1. The van der Waals surface area contributed by atoms with Gasteiger partial charge in [0.05, 0.1) is 21.0 Å². The Morgan fingerprint density at radius 3 is 2.43 bits per heavy atom. The second kappa shape index (κ2) is 9.71. The Morgan fingerprint density at radius 2 is 1.82 bits per heavy atom. The minimum atomic E-state index is -3.70. The van der Waals surface area contributed by atoms with Gasteiger partial charge in [-0.15, -0.1) is 0 Å². The van der Waals surface area contributed by atoms with Crippen LogP contribution in [0.3, 0.4) is 0 Å². The molecular formula is C19H23Cl2N3O3S. The highest BCUT2D eigenvalue weighted by Crippen LogP contribution is 2.26. The van der Waals surface area contributed by atoms with E-state index in [2.05, 4.69) is 5.32 Å². The van der Waals surface area contributed by atoms with Gasteiger partial charge in [-0.25, -0.2) is 13.6 Å². The first-order valence-corrected chi connectivity index (χ1v) is 10.9. The minimum absolute atomic E-state index is 0.0650. The Hall–Kier alpha value is -1.64. The summed E-state index contributed by atoms with van der Waals surface area (Å²) >= 11 is 12.2. The molecule has 152 valence electrons. The van der Waals surface area contributed by atoms with Gasteiger partial charge in [0.25, 0.3) is 0 Å². The standard InChI is InChI=1S/C19H23Cl2N3O3S/c1-13(24(2)12-15-4-3-5-17(20)18(15)21)19(25)23-11-10-14-6-8-16(9-7-14)28(22,26)27/h3-9,13H,10-12H2,1-2H3,(H,23,25)(H2,22,26,27). The number of primary sulfonamides is 1. The molecule has 0 aliphatic heterocycles. The lowest BCUT2D eigenvalue weighted by Gasteiger charge is -2.24. The van der Waals surface area contributed by atoms with Gasteiger partial charge in [-0.05, 0) is 49.7 Å². The maximum atomic E-state index is 12.4. The number of nitrogens with zero attached hydrogens (tertiary/aromatic N) is 1. The summed E-state index contributed by atoms with van der Waals surface area (Å²) in [6, 6.07) is 11.3. The molecule has 0 saturated heterocycles. The molecule has 0 bridgehead atoms. The van der Waals surface area contributed by atoms with Crippen LogP contribution < -0.4 is 10.5 Å². The van der Waals surface area contributed by atoms with Crippen molar-refractivity contribution in [2.45, 2.75) is 30.8 Å². The third kappa shape index (κ3) is 6.18. The van der Waals surface area contributed by atoms with Gasteiger partial charge >= 0.3 is 0 Å². The van der Waals surface area contributed by atoms with Crippen LogP contribution in [0.4, 0.5) is 0 Å². The summed E-state index contributed by atoms with van der Waals surface area (Å²) in [5.41, 5.74) is 1.76. The van der Waals surface area contributed by atoms with Crippen LogP contribution in [0.2, 0.25) is 10.0 Å². The predicted molar refractivity (Wildman–Crippen MR) is 112 cm³/mol. The fraction of sp³-hybridized carbons (Fsp3) is 0.316. The molecule has 0 radical (unpaired) electrons. The molecule has 1 amide bonds. The minimum Gasteiger partial charge on any atom is -0.354 e. The second-order valence-electron chi connectivity index (χ2n) is 6.53. The molecule has 0 aliphatic rings. The zero-order valence-electron chi connectivity index (χ0n) is 15.7. The van der Waals surface area contributed by atoms with Crippen LogP contribution in [-0.2, 0) is 27.8 Å². The number of hydrogen-bond donors (Lipinski definition) is 2. The molecule has 2 aromatic rings. The van der Waals surface area contributed by atoms with E-state index in [0.29, 0.717) is 29.6 Å². The SMILES string of the molecule is CC(C(=O)NCCc1ccc(S(N)(=O)=O)cc1)N(C)Cc1cccc(Cl)c1Cl. The molecule has 0 heterocycles. The van der Waals surface area contributed by atoms with Crippen LogP contribution in [0.1, 0.15) is 18.1 Å². The van der Waals surface area contributed by atoms with Crippen molar-refractivity contribution in [1.82, 2.24) is 10.2 Å². The third-order valence-corrected chi connectivity index (χ3v) is 6.24. The Balaban J connectivity index is 1.85. The van der Waals surface area contributed by atoms with Gasteiger partial charge in [-0.1, -0.05) is 47.5 Å². The lowest BCUT2D eigenvalue weighted by molar-refractivity contribution is -0.125. The van der Waals surface area contributed by atoms with Crippen molar-refractivity contribution in [2.75, 3.05) is 13.6 Å². The number of rotatable bonds is 8. The molecule has 0 fully saturated rings. The average molecular weight is 444 g/mol. The first-order valence-electron chi connectivity index (χ1n) is 8.62. The number of carbonyl (C=O) groups excluding carboxylic acids is 1. The van der Waals surface area contributed by atoms with Crippen LogP contribution in [0.25, 0.3) is 0 Å². The van der Waals surface area contributed by atoms with Crippen LogP contribution >= 0.6 is 23.2 Å². The molecular weight excluding hydrogens is 421 g/mol. The first kappa shape index (κ1) is 22.6. The monoisotopic (exact) mass is 443 g/mol. The highest BCUT2D eigenvalue weighted by atomic mass is 35.5. The van der Waals surface area contributed by atoms with Crippen molar-refractivity contribution in [2.24, 2.45) is 5.14 Å². The topological polar surface area (TPSA) is 92.5 Å². The van der Waals surface area contributed by atoms with E-state index in [1.165, 1.54) is 12.1 Å². The molecule has 0 saturated carbocycles. The fourth-order valence-corrected chi connectivity index (χ4v) is 3.50. The van der Waals surface area contributed by atoms with E-state index < -0.39 is 10.0 Å². The van der Waals surface area contributed by atoms with E-state index in [0.717, 1.165) is 11.1 Å². The number of likely N-dealkylation sites (N-methyl/N-ethyl adjacent to an activating group) is 1. The van der Waals surface area contributed by atoms with Crippen LogP contribution in [-0.4, -0.2) is 38.9 Å². The van der Waals surface area contributed by atoms with Crippen molar-refractivity contribution in [3.63, 3.8) is 0 Å². The van der Waals surface area contributed by atoms with Gasteiger partial charge in [-0.2, -0.15) is 0 Å². The lowest BCUT2D eigenvalue weighted by Crippen LogP contribution is -2.43. The highest BCUT2D eigenvalue weighted by Gasteiger charge is 2.19. The molecule has 6 nitrogen and oxygen atoms in total. The normalized spacial score (nSPS) is 12.8. The summed E-state index contributed by atoms with van der Waals surface area (Å²) in [5.74, 6) is -0.109. The van der Waals surface area contributed by atoms with E-state index in [9.17, 15) is 13.2 Å². The number of nitrogens with two attached hydrogens (primary N) is 1. The van der Waals surface area contributed by atoms with E-state index in [1.807, 2.05) is 31.0 Å². The van der Waals surface area contributed by atoms with Crippen LogP contribution in [0.5, 0.6) is 0 Å². The largest absolute Gasteiger partial charge is 0.354 e. The predicted octanol–water partition coefficient (Wildman–Crippen LogP) is 2.82. The molecule has 0 spiro atoms. The number of carbonyl (C=O) groups is 1. The molecule has 28 heavy (non-hydrogen) atoms. The number of amides is 1. The summed E-state index contributed by atoms with van der Waals surface area (Å²) in [5, 5.41) is 8.94. The fourth-order valence-electron chi connectivity index (χ4n) is 2.60. The van der Waals surface area contributed by atoms with Gasteiger partial charge < -0.3 is 5.32 Å². The number of halogens is 2. The molecule has 1 atom stereocenters. The van der Waals surface area contributed by atoms with E-state index in [1.54, 1.807) is 18.2 Å². The van der Waals surface area contributed by atoms with Gasteiger partial charge in [0.15, 0.2) is 0 Å². The Labute approximate surface area is 175 Å². The van der Waals surface area contributed by atoms with Gasteiger partial charge in [0.2, 0.25) is 15.9 Å². The van der Waals surface area contributed by atoms with Crippen molar-refractivity contribution >= 4 is 39.1 Å². The molecule has 2 rings (SSSR count). The maximum absolute atomic E-state index is 12.4. The molecule has 3 N–H and O–H groups in total. The maximum Gasteiger partial charge on any atom is 0.238 e. The average Bonchev–Trinajstić information content (AvgIpc) is 2.64. The third-order valence-electron chi connectivity index (χ3n) is 4.46. The Bertz CT molecular complexity index is 934. The summed E-state index contributed by atoms with van der Waals surface area (Å²) < 4.78 is 22.5. The van der Waals surface area contributed by atoms with Gasteiger partial charge in [0.1, 0.15) is 0 Å². The molecule has 0 aliphatic carbocycles. The van der Waals surface area contributed by atoms with Gasteiger partial charge in [0, 0.05) is 13.1 Å². The van der Waals surface area contributed by atoms with Gasteiger partial charge in [-0.3, -0.25) is 9.69 Å². The van der Waals surface area contributed by atoms with Crippen LogP contribution in [0, 0.1) is 0 Å². The molecule has 2 aromatic carbocycles. The number of benzene rings is 2. The second-order valence-corrected chi connectivity index (χ2v) is 8.88. The summed E-state index contributed by atoms with van der Waals surface area (Å²) in [6.07, 6.45) is 0.577. The van der Waals surface area contributed by atoms with Crippen LogP contribution in [0.15, 0.2) is 47.4 Å². The highest BCUT2D eigenvalue weighted by molar-refractivity contribution is 7.89. The summed E-state index contributed by atoms with van der Waals surface area (Å²) in [7, 11) is -1.86. The molecule has 0 aromatic heterocycles. The zero-order chi connectivity index (χ0) is 20.9. The number of sulfonamides is 1. The van der Waals surface area contributed by atoms with Crippen molar-refractivity contribution in [3.8, 4) is 0 Å². The number of hydrogen-bond acceptors (Lipinski definition) is 4. The Morgan fingerprint density at radius 1 is 1.18 bits per heavy atom. The molecule has 9 heteroatoms. The van der Waals surface area contributed by atoms with Crippen molar-refractivity contribution in [3.05, 3.63) is 63.6 Å². The lowest BCUT2D eigenvalue weighted by atomic mass is 10.1. The molecule has 1 unspecified atom stereocenters. The van der Waals surface area contributed by atoms with E-state index in [-0.39, 0.29) is 16.8 Å². The first-order chi connectivity index (χ1) is 13.1. The van der Waals surface area contributed by atoms with E-state index in [4.69, 9.17) is 28.3 Å². The Kier molecular flexibility index (Phi) is 7.86. The van der Waals surface area contributed by atoms with E-state index >= 15 is 0 Å². The zero-order valence-corrected chi connectivity index (χ0v) is 18.0. The summed E-state index contributed by atoms with van der Waals surface area (Å²) in [4.78, 5) is 14.3. The van der Waals surface area contributed by atoms with Crippen molar-refractivity contribution < 1.29 is 13.2 Å². The van der Waals surface area contributed by atoms with Crippen molar-refractivity contribution in [1.29, 1.82) is 0 Å². The quantitative estimate of drug-likeness (QED) is 0.655.